The van der Waals surface area contributed by atoms with Crippen LogP contribution >= 0.6 is 11.3 Å². The largest absolute Gasteiger partial charge is 0.368 e. The number of hydrogen-bond donors (Lipinski definition) is 1. The van der Waals surface area contributed by atoms with E-state index in [-0.39, 0.29) is 5.91 Å². The lowest BCUT2D eigenvalue weighted by Crippen LogP contribution is -2.50. The van der Waals surface area contributed by atoms with Crippen molar-refractivity contribution in [3.8, 4) is 0 Å². The van der Waals surface area contributed by atoms with Gasteiger partial charge in [-0.2, -0.15) is 5.06 Å². The maximum absolute atomic E-state index is 13.3. The number of aromatic nitrogens is 1. The Hall–Kier alpha value is -2.29. The van der Waals surface area contributed by atoms with E-state index in [0.717, 1.165) is 5.56 Å². The predicted molar refractivity (Wildman–Crippen MR) is 102 cm³/mol. The summed E-state index contributed by atoms with van der Waals surface area (Å²) in [4.78, 5) is 35.9. The average Bonchev–Trinajstić information content (AvgIpc) is 3.16. The first-order valence-electron chi connectivity index (χ1n) is 8.23. The lowest BCUT2D eigenvalue weighted by Gasteiger charge is -2.30. The number of anilines is 1. The van der Waals surface area contributed by atoms with Gasteiger partial charge in [0.15, 0.2) is 0 Å². The second-order valence-electron chi connectivity index (χ2n) is 6.01. The van der Waals surface area contributed by atoms with Crippen LogP contribution in [0.2, 0.25) is 0 Å². The number of thiazole rings is 1. The van der Waals surface area contributed by atoms with E-state index in [1.165, 1.54) is 16.2 Å². The van der Waals surface area contributed by atoms with E-state index in [1.54, 1.807) is 37.0 Å². The average molecular weight is 376 g/mol. The molecule has 26 heavy (non-hydrogen) atoms. The fraction of sp³-hybridized carbons (Fsp3) is 0.389. The first-order valence-corrected chi connectivity index (χ1v) is 9.18. The molecule has 1 heterocycles. The second-order valence-corrected chi connectivity index (χ2v) is 6.73. The highest BCUT2D eigenvalue weighted by molar-refractivity contribution is 7.07. The molecule has 0 fully saturated rings. The number of rotatable bonds is 9. The molecule has 0 saturated carbocycles. The number of nitrogens with two attached hydrogens (primary N) is 1. The van der Waals surface area contributed by atoms with Gasteiger partial charge in [0.05, 0.1) is 18.5 Å². The number of carbonyl (C=O) groups is 2. The van der Waals surface area contributed by atoms with Gasteiger partial charge in [-0.25, -0.2) is 4.98 Å². The van der Waals surface area contributed by atoms with Crippen molar-refractivity contribution in [2.24, 2.45) is 11.7 Å². The highest BCUT2D eigenvalue weighted by Crippen LogP contribution is 2.22. The molecule has 2 rings (SSSR count). The highest BCUT2D eigenvalue weighted by atomic mass is 32.1. The zero-order chi connectivity index (χ0) is 19.1. The Bertz CT molecular complexity index is 708. The van der Waals surface area contributed by atoms with Crippen molar-refractivity contribution in [3.63, 3.8) is 0 Å². The van der Waals surface area contributed by atoms with E-state index in [2.05, 4.69) is 4.98 Å². The first-order chi connectivity index (χ1) is 12.4. The Morgan fingerprint density at radius 3 is 2.54 bits per heavy atom. The Balaban J connectivity index is 2.33. The minimum Gasteiger partial charge on any atom is -0.368 e. The molecule has 0 aliphatic rings. The van der Waals surface area contributed by atoms with Crippen LogP contribution < -0.4 is 10.6 Å². The van der Waals surface area contributed by atoms with E-state index >= 15 is 0 Å². The maximum Gasteiger partial charge on any atom is 0.240 e. The summed E-state index contributed by atoms with van der Waals surface area (Å²) in [7, 11) is 3.31. The Morgan fingerprint density at radius 2 is 2.00 bits per heavy atom. The molecule has 7 nitrogen and oxygen atoms in total. The van der Waals surface area contributed by atoms with Crippen molar-refractivity contribution in [2.45, 2.75) is 19.4 Å². The summed E-state index contributed by atoms with van der Waals surface area (Å²) in [5, 5.41) is 3.33. The Kier molecular flexibility index (Phi) is 7.26. The van der Waals surface area contributed by atoms with Crippen LogP contribution in [0.1, 0.15) is 12.5 Å². The zero-order valence-corrected chi connectivity index (χ0v) is 16.0. The molecule has 2 amide bonds. The van der Waals surface area contributed by atoms with E-state index < -0.39 is 17.9 Å². The number of hydrogen-bond acceptors (Lipinski definition) is 6. The molecule has 2 atom stereocenters. The van der Waals surface area contributed by atoms with Crippen LogP contribution in [0.15, 0.2) is 41.2 Å². The van der Waals surface area contributed by atoms with Crippen molar-refractivity contribution >= 4 is 29.0 Å². The van der Waals surface area contributed by atoms with Gasteiger partial charge in [0.1, 0.15) is 11.9 Å². The zero-order valence-electron chi connectivity index (χ0n) is 15.2. The van der Waals surface area contributed by atoms with Crippen molar-refractivity contribution in [2.75, 3.05) is 25.6 Å². The van der Waals surface area contributed by atoms with E-state index in [1.807, 2.05) is 30.3 Å². The van der Waals surface area contributed by atoms with Gasteiger partial charge >= 0.3 is 0 Å². The lowest BCUT2D eigenvalue weighted by atomic mass is 9.97. The number of amides is 2. The molecule has 0 radical (unpaired) electrons. The third-order valence-electron chi connectivity index (χ3n) is 4.17. The molecule has 8 heteroatoms. The molecule has 1 aromatic carbocycles. The Labute approximate surface area is 157 Å². The maximum atomic E-state index is 13.3. The van der Waals surface area contributed by atoms with Crippen molar-refractivity contribution in [1.82, 2.24) is 10.0 Å². The summed E-state index contributed by atoms with van der Waals surface area (Å²) in [6, 6.07) is 8.94. The van der Waals surface area contributed by atoms with Crippen LogP contribution in [-0.2, 0) is 20.8 Å². The lowest BCUT2D eigenvalue weighted by molar-refractivity contribution is -0.138. The molecule has 0 bridgehead atoms. The summed E-state index contributed by atoms with van der Waals surface area (Å²) >= 11 is 1.36. The van der Waals surface area contributed by atoms with Crippen LogP contribution in [0.3, 0.4) is 0 Å². The second kappa shape index (κ2) is 9.42. The minimum absolute atomic E-state index is 0.213. The molecule has 2 aromatic rings. The number of benzene rings is 1. The SMILES string of the molecule is CON(C)CC(Cc1ccccc1)C(=O)N(c1cscn1)[C@H](C)C(N)=O. The summed E-state index contributed by atoms with van der Waals surface area (Å²) in [5.74, 6) is -0.782. The van der Waals surface area contributed by atoms with E-state index in [0.29, 0.717) is 18.8 Å². The molecule has 1 aromatic heterocycles. The van der Waals surface area contributed by atoms with Gasteiger partial charge in [0, 0.05) is 19.0 Å². The third kappa shape index (κ3) is 5.10. The molecule has 140 valence electrons. The van der Waals surface area contributed by atoms with Crippen LogP contribution in [-0.4, -0.2) is 48.6 Å². The monoisotopic (exact) mass is 376 g/mol. The molecular weight excluding hydrogens is 352 g/mol. The van der Waals surface area contributed by atoms with Gasteiger partial charge in [-0.15, -0.1) is 11.3 Å². The molecule has 0 aliphatic heterocycles. The first kappa shape index (κ1) is 20.0. The van der Waals surface area contributed by atoms with E-state index in [9.17, 15) is 9.59 Å². The minimum atomic E-state index is -0.796. The summed E-state index contributed by atoms with van der Waals surface area (Å²) < 4.78 is 0. The van der Waals surface area contributed by atoms with Gasteiger partial charge in [-0.1, -0.05) is 30.3 Å². The van der Waals surface area contributed by atoms with Gasteiger partial charge in [0.25, 0.3) is 0 Å². The fourth-order valence-corrected chi connectivity index (χ4v) is 3.19. The van der Waals surface area contributed by atoms with Crippen LogP contribution in [0, 0.1) is 5.92 Å². The van der Waals surface area contributed by atoms with Crippen molar-refractivity contribution in [3.05, 3.63) is 46.8 Å². The number of carbonyl (C=O) groups excluding carboxylic acids is 2. The summed E-state index contributed by atoms with van der Waals surface area (Å²) in [5.41, 5.74) is 8.12. The predicted octanol–water partition coefficient (Wildman–Crippen LogP) is 1.70. The van der Waals surface area contributed by atoms with Crippen molar-refractivity contribution in [1.29, 1.82) is 0 Å². The van der Waals surface area contributed by atoms with Gasteiger partial charge < -0.3 is 10.6 Å². The fourth-order valence-electron chi connectivity index (χ4n) is 2.66. The molecule has 1 unspecified atom stereocenters. The Morgan fingerprint density at radius 1 is 1.31 bits per heavy atom. The smallest absolute Gasteiger partial charge is 0.240 e. The number of primary amides is 1. The normalized spacial score (nSPS) is 13.4. The molecular formula is C18H24N4O3S. The molecule has 2 N–H and O–H groups in total. The third-order valence-corrected chi connectivity index (χ3v) is 4.74. The summed E-state index contributed by atoms with van der Waals surface area (Å²) in [6.07, 6.45) is 0.513. The molecule has 0 aliphatic carbocycles. The highest BCUT2D eigenvalue weighted by Gasteiger charge is 2.33. The van der Waals surface area contributed by atoms with Gasteiger partial charge in [0.2, 0.25) is 11.8 Å². The van der Waals surface area contributed by atoms with Crippen LogP contribution in [0.25, 0.3) is 0 Å². The topological polar surface area (TPSA) is 88.8 Å². The standard InChI is InChI=1S/C18H24N4O3S/c1-13(17(19)23)22(16-11-26-12-20-16)18(24)15(10-21(2)25-3)9-14-7-5-4-6-8-14/h4-8,11-13,15H,9-10H2,1-3H3,(H2,19,23)/t13-,15?/m1/s1. The number of hydroxylamine groups is 2. The quantitative estimate of drug-likeness (QED) is 0.673. The van der Waals surface area contributed by atoms with Crippen LogP contribution in [0.4, 0.5) is 5.82 Å². The van der Waals surface area contributed by atoms with Gasteiger partial charge in [-0.3, -0.25) is 14.5 Å². The van der Waals surface area contributed by atoms with Crippen molar-refractivity contribution < 1.29 is 14.4 Å². The molecule has 0 spiro atoms. The summed E-state index contributed by atoms with van der Waals surface area (Å²) in [6.45, 7) is 1.98. The number of nitrogens with zero attached hydrogens (tertiary/aromatic N) is 3. The van der Waals surface area contributed by atoms with Gasteiger partial charge in [-0.05, 0) is 18.9 Å². The molecule has 0 saturated heterocycles. The van der Waals surface area contributed by atoms with Crippen LogP contribution in [0.5, 0.6) is 0 Å². The van der Waals surface area contributed by atoms with E-state index in [4.69, 9.17) is 10.6 Å².